The normalized spacial score (nSPS) is 16.1. The molecule has 110 valence electrons. The molecule has 4 N–H and O–H groups in total. The van der Waals surface area contributed by atoms with Crippen LogP contribution >= 0.6 is 0 Å². The van der Waals surface area contributed by atoms with Crippen molar-refractivity contribution in [2.45, 2.75) is 24.8 Å². The fourth-order valence-electron chi connectivity index (χ4n) is 2.33. The number of aliphatic hydroxyl groups is 1. The van der Waals surface area contributed by atoms with Gasteiger partial charge in [0.25, 0.3) is 5.91 Å². The Balaban J connectivity index is 2.25. The molecule has 1 fully saturated rings. The number of aliphatic hydroxyl groups excluding tert-OH is 1. The minimum atomic E-state index is -0.503. The maximum absolute atomic E-state index is 12.3. The van der Waals surface area contributed by atoms with Gasteiger partial charge in [0.1, 0.15) is 0 Å². The SMILES string of the molecule is COc1cc(N)c(C(=O)NC2(CO)CCC2)cc1OC. The highest BCUT2D eigenvalue weighted by atomic mass is 16.5. The zero-order chi connectivity index (χ0) is 14.8. The number of carbonyl (C=O) groups is 1. The van der Waals surface area contributed by atoms with Crippen LogP contribution in [0.3, 0.4) is 0 Å². The van der Waals surface area contributed by atoms with Crippen molar-refractivity contribution in [3.05, 3.63) is 17.7 Å². The van der Waals surface area contributed by atoms with Gasteiger partial charge in [-0.3, -0.25) is 4.79 Å². The van der Waals surface area contributed by atoms with Crippen LogP contribution in [0, 0.1) is 0 Å². The van der Waals surface area contributed by atoms with E-state index in [2.05, 4.69) is 5.32 Å². The Hall–Kier alpha value is -1.95. The van der Waals surface area contributed by atoms with Crippen molar-refractivity contribution in [3.63, 3.8) is 0 Å². The Bertz CT molecular complexity index is 507. The number of anilines is 1. The molecular weight excluding hydrogens is 260 g/mol. The van der Waals surface area contributed by atoms with Crippen molar-refractivity contribution >= 4 is 11.6 Å². The van der Waals surface area contributed by atoms with E-state index in [0.717, 1.165) is 19.3 Å². The molecule has 0 heterocycles. The Kier molecular flexibility index (Phi) is 4.04. The van der Waals surface area contributed by atoms with Crippen molar-refractivity contribution in [2.75, 3.05) is 26.6 Å². The summed E-state index contributed by atoms with van der Waals surface area (Å²) >= 11 is 0. The average molecular weight is 280 g/mol. The van der Waals surface area contributed by atoms with Crippen LogP contribution in [0.25, 0.3) is 0 Å². The van der Waals surface area contributed by atoms with E-state index in [4.69, 9.17) is 15.2 Å². The number of hydrogen-bond acceptors (Lipinski definition) is 5. The summed E-state index contributed by atoms with van der Waals surface area (Å²) in [7, 11) is 3.00. The van der Waals surface area contributed by atoms with E-state index in [-0.39, 0.29) is 12.5 Å². The molecule has 1 amide bonds. The van der Waals surface area contributed by atoms with Crippen LogP contribution in [0.5, 0.6) is 11.5 Å². The predicted octanol–water partition coefficient (Wildman–Crippen LogP) is 0.931. The first-order valence-corrected chi connectivity index (χ1v) is 6.50. The molecule has 2 rings (SSSR count). The van der Waals surface area contributed by atoms with Gasteiger partial charge < -0.3 is 25.6 Å². The van der Waals surface area contributed by atoms with Crippen molar-refractivity contribution in [2.24, 2.45) is 0 Å². The molecule has 1 aromatic rings. The predicted molar refractivity (Wildman–Crippen MR) is 75.1 cm³/mol. The minimum absolute atomic E-state index is 0.0636. The molecule has 0 aliphatic heterocycles. The highest BCUT2D eigenvalue weighted by Crippen LogP contribution is 2.34. The molecule has 0 saturated heterocycles. The average Bonchev–Trinajstić information content (AvgIpc) is 2.42. The molecule has 1 aliphatic carbocycles. The Labute approximate surface area is 117 Å². The van der Waals surface area contributed by atoms with Gasteiger partial charge in [0.05, 0.1) is 31.9 Å². The molecule has 0 spiro atoms. The highest BCUT2D eigenvalue weighted by Gasteiger charge is 2.38. The lowest BCUT2D eigenvalue weighted by Gasteiger charge is -2.41. The second kappa shape index (κ2) is 5.58. The van der Waals surface area contributed by atoms with Crippen LogP contribution in [0.2, 0.25) is 0 Å². The smallest absolute Gasteiger partial charge is 0.254 e. The number of nitrogen functional groups attached to an aromatic ring is 1. The topological polar surface area (TPSA) is 93.8 Å². The Morgan fingerprint density at radius 3 is 2.40 bits per heavy atom. The first-order valence-electron chi connectivity index (χ1n) is 6.50. The number of nitrogens with one attached hydrogen (secondary N) is 1. The van der Waals surface area contributed by atoms with E-state index in [0.29, 0.717) is 22.7 Å². The first-order chi connectivity index (χ1) is 9.55. The molecule has 0 aromatic heterocycles. The third-order valence-corrected chi connectivity index (χ3v) is 3.79. The van der Waals surface area contributed by atoms with Crippen LogP contribution in [0.4, 0.5) is 5.69 Å². The third-order valence-electron chi connectivity index (χ3n) is 3.79. The maximum atomic E-state index is 12.3. The lowest BCUT2D eigenvalue weighted by atomic mass is 9.77. The summed E-state index contributed by atoms with van der Waals surface area (Å²) in [5.41, 5.74) is 6.01. The summed E-state index contributed by atoms with van der Waals surface area (Å²) in [6.45, 7) is -0.0636. The van der Waals surface area contributed by atoms with Crippen LogP contribution < -0.4 is 20.5 Å². The summed E-state index contributed by atoms with van der Waals surface area (Å²) in [5, 5.41) is 12.3. The zero-order valence-corrected chi connectivity index (χ0v) is 11.7. The van der Waals surface area contributed by atoms with Gasteiger partial charge in [-0.25, -0.2) is 0 Å². The van der Waals surface area contributed by atoms with Crippen LogP contribution in [-0.2, 0) is 0 Å². The second-order valence-electron chi connectivity index (χ2n) is 5.04. The van der Waals surface area contributed by atoms with Crippen LogP contribution in [0.15, 0.2) is 12.1 Å². The summed E-state index contributed by atoms with van der Waals surface area (Å²) in [6, 6.07) is 3.10. The quantitative estimate of drug-likeness (QED) is 0.698. The number of amides is 1. The molecule has 20 heavy (non-hydrogen) atoms. The summed E-state index contributed by atoms with van der Waals surface area (Å²) in [4.78, 5) is 12.3. The number of methoxy groups -OCH3 is 2. The number of rotatable bonds is 5. The molecule has 0 unspecified atom stereocenters. The molecule has 1 saturated carbocycles. The van der Waals surface area contributed by atoms with Crippen molar-refractivity contribution in [1.82, 2.24) is 5.32 Å². The van der Waals surface area contributed by atoms with Crippen LogP contribution in [-0.4, -0.2) is 37.4 Å². The fourth-order valence-corrected chi connectivity index (χ4v) is 2.33. The van der Waals surface area contributed by atoms with Gasteiger partial charge in [-0.05, 0) is 25.3 Å². The Morgan fingerprint density at radius 1 is 1.35 bits per heavy atom. The number of ether oxygens (including phenoxy) is 2. The van der Waals surface area contributed by atoms with Gasteiger partial charge in [0, 0.05) is 11.8 Å². The van der Waals surface area contributed by atoms with E-state index in [1.165, 1.54) is 14.2 Å². The summed E-state index contributed by atoms with van der Waals surface area (Å²) in [6.07, 6.45) is 2.56. The number of carbonyl (C=O) groups excluding carboxylic acids is 1. The molecule has 6 heteroatoms. The molecule has 0 radical (unpaired) electrons. The number of nitrogens with two attached hydrogens (primary N) is 1. The van der Waals surface area contributed by atoms with Gasteiger partial charge in [0.15, 0.2) is 11.5 Å². The van der Waals surface area contributed by atoms with Gasteiger partial charge in [0.2, 0.25) is 0 Å². The Morgan fingerprint density at radius 2 is 1.95 bits per heavy atom. The zero-order valence-electron chi connectivity index (χ0n) is 11.7. The first kappa shape index (κ1) is 14.5. The monoisotopic (exact) mass is 280 g/mol. The fraction of sp³-hybridized carbons (Fsp3) is 0.500. The molecule has 1 aromatic carbocycles. The van der Waals surface area contributed by atoms with Gasteiger partial charge in [-0.15, -0.1) is 0 Å². The molecular formula is C14H20N2O4. The van der Waals surface area contributed by atoms with Crippen molar-refractivity contribution in [3.8, 4) is 11.5 Å². The molecule has 0 bridgehead atoms. The maximum Gasteiger partial charge on any atom is 0.254 e. The largest absolute Gasteiger partial charge is 0.493 e. The lowest BCUT2D eigenvalue weighted by molar-refractivity contribution is 0.0642. The van der Waals surface area contributed by atoms with E-state index < -0.39 is 5.54 Å². The summed E-state index contributed by atoms with van der Waals surface area (Å²) < 4.78 is 10.3. The van der Waals surface area contributed by atoms with E-state index in [1.54, 1.807) is 12.1 Å². The van der Waals surface area contributed by atoms with E-state index in [9.17, 15) is 9.90 Å². The molecule has 0 atom stereocenters. The highest BCUT2D eigenvalue weighted by molar-refractivity contribution is 6.00. The third kappa shape index (κ3) is 2.51. The number of hydrogen-bond donors (Lipinski definition) is 3. The molecule has 1 aliphatic rings. The van der Waals surface area contributed by atoms with E-state index in [1.807, 2.05) is 0 Å². The van der Waals surface area contributed by atoms with Crippen LogP contribution in [0.1, 0.15) is 29.6 Å². The molecule has 6 nitrogen and oxygen atoms in total. The van der Waals surface area contributed by atoms with Crippen molar-refractivity contribution < 1.29 is 19.4 Å². The van der Waals surface area contributed by atoms with Crippen molar-refractivity contribution in [1.29, 1.82) is 0 Å². The van der Waals surface area contributed by atoms with Gasteiger partial charge >= 0.3 is 0 Å². The van der Waals surface area contributed by atoms with Gasteiger partial charge in [-0.1, -0.05) is 0 Å². The minimum Gasteiger partial charge on any atom is -0.493 e. The second-order valence-corrected chi connectivity index (χ2v) is 5.04. The van der Waals surface area contributed by atoms with E-state index >= 15 is 0 Å². The standard InChI is InChI=1S/C14H20N2O4/c1-19-11-6-9(10(15)7-12(11)20-2)13(18)16-14(8-17)4-3-5-14/h6-7,17H,3-5,8,15H2,1-2H3,(H,16,18). The summed E-state index contributed by atoms with van der Waals surface area (Å²) in [5.74, 6) is 0.609. The number of benzene rings is 1. The lowest BCUT2D eigenvalue weighted by Crippen LogP contribution is -2.56. The van der Waals surface area contributed by atoms with Gasteiger partial charge in [-0.2, -0.15) is 0 Å².